The Balaban J connectivity index is 1.92. The van der Waals surface area contributed by atoms with Crippen LogP contribution in [-0.2, 0) is 11.3 Å². The minimum Gasteiger partial charge on any atom is -0.478 e. The number of nitrogens with zero attached hydrogens (tertiary/aromatic N) is 2. The number of ether oxygens (including phenoxy) is 1. The van der Waals surface area contributed by atoms with Crippen molar-refractivity contribution in [2.24, 2.45) is 0 Å². The maximum Gasteiger partial charge on any atom is 0.397 e. The molecule has 0 unspecified atom stereocenters. The lowest BCUT2D eigenvalue weighted by Gasteiger charge is -2.16. The molecule has 2 aromatic carbocycles. The van der Waals surface area contributed by atoms with Gasteiger partial charge in [0, 0.05) is 5.56 Å². The first-order chi connectivity index (χ1) is 13.3. The molecule has 28 heavy (non-hydrogen) atoms. The van der Waals surface area contributed by atoms with E-state index in [-0.39, 0.29) is 23.9 Å². The van der Waals surface area contributed by atoms with Gasteiger partial charge in [0.15, 0.2) is 0 Å². The number of benzene rings is 2. The number of rotatable bonds is 5. The molecule has 0 bridgehead atoms. The summed E-state index contributed by atoms with van der Waals surface area (Å²) in [7, 11) is 0. The molecule has 0 saturated carbocycles. The van der Waals surface area contributed by atoms with E-state index in [1.165, 1.54) is 0 Å². The number of carbonyl (C=O) groups is 2. The molecule has 3 rings (SSSR count). The van der Waals surface area contributed by atoms with Crippen LogP contribution in [0.3, 0.4) is 0 Å². The third-order valence-corrected chi connectivity index (χ3v) is 4.88. The molecule has 1 aromatic heterocycles. The van der Waals surface area contributed by atoms with Crippen molar-refractivity contribution in [3.05, 3.63) is 69.6 Å². The van der Waals surface area contributed by atoms with Crippen molar-refractivity contribution < 1.29 is 24.0 Å². The summed E-state index contributed by atoms with van der Waals surface area (Å²) in [6, 6.07) is 9.23. The van der Waals surface area contributed by atoms with Crippen LogP contribution >= 0.6 is 0 Å². The number of esters is 1. The molecular formula is C21H20N2O5. The zero-order chi connectivity index (χ0) is 20.4. The maximum atomic E-state index is 12.2. The summed E-state index contributed by atoms with van der Waals surface area (Å²) in [6.07, 6.45) is 0. The first-order valence-electron chi connectivity index (χ1n) is 8.70. The Morgan fingerprint density at radius 3 is 2.32 bits per heavy atom. The number of carbonyl (C=O) groups excluding carboxylic acids is 1. The van der Waals surface area contributed by atoms with E-state index in [9.17, 15) is 14.7 Å². The lowest BCUT2D eigenvalue weighted by atomic mass is 9.88. The van der Waals surface area contributed by atoms with Gasteiger partial charge in [-0.05, 0) is 55.5 Å². The van der Waals surface area contributed by atoms with Gasteiger partial charge in [-0.25, -0.2) is 9.59 Å². The van der Waals surface area contributed by atoms with Gasteiger partial charge in [0.25, 0.3) is 0 Å². The Morgan fingerprint density at radius 1 is 1.00 bits per heavy atom. The molecule has 7 nitrogen and oxygen atoms in total. The predicted octanol–water partition coefficient (Wildman–Crippen LogP) is 4.03. The first-order valence-corrected chi connectivity index (χ1v) is 8.70. The fraction of sp³-hybridized carbons (Fsp3) is 0.238. The van der Waals surface area contributed by atoms with Crippen molar-refractivity contribution >= 4 is 11.9 Å². The zero-order valence-corrected chi connectivity index (χ0v) is 16.1. The number of carboxylic acid groups (broad SMARTS) is 1. The van der Waals surface area contributed by atoms with E-state index < -0.39 is 11.9 Å². The average Bonchev–Trinajstić information content (AvgIpc) is 3.15. The van der Waals surface area contributed by atoms with E-state index in [0.717, 1.165) is 16.7 Å². The van der Waals surface area contributed by atoms with Crippen LogP contribution in [0.15, 0.2) is 34.9 Å². The Bertz CT molecular complexity index is 1050. The Kier molecular flexibility index (Phi) is 5.26. The van der Waals surface area contributed by atoms with Crippen molar-refractivity contribution in [2.45, 2.75) is 34.3 Å². The summed E-state index contributed by atoms with van der Waals surface area (Å²) in [4.78, 5) is 28.0. The highest BCUT2D eigenvalue weighted by Crippen LogP contribution is 2.33. The molecule has 0 spiro atoms. The average molecular weight is 380 g/mol. The second-order valence-corrected chi connectivity index (χ2v) is 6.54. The van der Waals surface area contributed by atoms with E-state index in [1.54, 1.807) is 13.8 Å². The maximum absolute atomic E-state index is 12.2. The van der Waals surface area contributed by atoms with E-state index >= 15 is 0 Å². The summed E-state index contributed by atoms with van der Waals surface area (Å²) in [5.74, 6) is -1.88. The summed E-state index contributed by atoms with van der Waals surface area (Å²) >= 11 is 0. The predicted molar refractivity (Wildman–Crippen MR) is 101 cm³/mol. The van der Waals surface area contributed by atoms with Gasteiger partial charge in [-0.1, -0.05) is 35.5 Å². The van der Waals surface area contributed by atoms with Gasteiger partial charge in [-0.2, -0.15) is 4.98 Å². The molecule has 0 radical (unpaired) electrons. The molecule has 0 atom stereocenters. The van der Waals surface area contributed by atoms with Gasteiger partial charge >= 0.3 is 17.8 Å². The van der Waals surface area contributed by atoms with Gasteiger partial charge in [0.1, 0.15) is 6.61 Å². The summed E-state index contributed by atoms with van der Waals surface area (Å²) < 4.78 is 10.3. The van der Waals surface area contributed by atoms with Crippen LogP contribution in [0.25, 0.3) is 11.4 Å². The van der Waals surface area contributed by atoms with Crippen molar-refractivity contribution in [1.29, 1.82) is 0 Å². The highest BCUT2D eigenvalue weighted by Gasteiger charge is 2.25. The van der Waals surface area contributed by atoms with Gasteiger partial charge in [0.05, 0.1) is 5.56 Å². The Labute approximate surface area is 162 Å². The van der Waals surface area contributed by atoms with Gasteiger partial charge in [0.2, 0.25) is 5.82 Å². The van der Waals surface area contributed by atoms with E-state index in [1.807, 2.05) is 44.2 Å². The van der Waals surface area contributed by atoms with Crippen LogP contribution in [0, 0.1) is 27.7 Å². The Morgan fingerprint density at radius 2 is 1.68 bits per heavy atom. The van der Waals surface area contributed by atoms with Gasteiger partial charge in [-0.15, -0.1) is 0 Å². The van der Waals surface area contributed by atoms with E-state index in [0.29, 0.717) is 16.7 Å². The number of hydrogen-bond acceptors (Lipinski definition) is 6. The summed E-state index contributed by atoms with van der Waals surface area (Å²) in [5.41, 5.74) is 4.47. The smallest absolute Gasteiger partial charge is 0.397 e. The lowest BCUT2D eigenvalue weighted by molar-refractivity contribution is 0.0416. The van der Waals surface area contributed by atoms with Crippen molar-refractivity contribution in [3.8, 4) is 11.4 Å². The standard InChI is InChI=1S/C21H20N2O5/c1-11-12(2)16(14(4)17(13(11)3)20(24)25)18-22-19(28-23-18)21(26)27-10-15-8-6-5-7-9-15/h5-9H,10H2,1-4H3,(H,24,25). The van der Waals surface area contributed by atoms with Crippen LogP contribution < -0.4 is 0 Å². The van der Waals surface area contributed by atoms with Gasteiger partial charge < -0.3 is 14.4 Å². The second kappa shape index (κ2) is 7.64. The minimum atomic E-state index is -1.02. The van der Waals surface area contributed by atoms with Crippen LogP contribution in [0.5, 0.6) is 0 Å². The first kappa shape index (κ1) is 19.3. The van der Waals surface area contributed by atoms with Crippen molar-refractivity contribution in [3.63, 3.8) is 0 Å². The molecule has 144 valence electrons. The number of aromatic nitrogens is 2. The van der Waals surface area contributed by atoms with E-state index in [4.69, 9.17) is 9.26 Å². The number of aromatic carboxylic acids is 1. The molecule has 7 heteroatoms. The van der Waals surface area contributed by atoms with Crippen LogP contribution in [0.2, 0.25) is 0 Å². The third-order valence-electron chi connectivity index (χ3n) is 4.88. The molecule has 0 saturated heterocycles. The van der Waals surface area contributed by atoms with E-state index in [2.05, 4.69) is 10.1 Å². The fourth-order valence-corrected chi connectivity index (χ4v) is 3.19. The highest BCUT2D eigenvalue weighted by atomic mass is 16.6. The molecule has 0 aliphatic heterocycles. The second-order valence-electron chi connectivity index (χ2n) is 6.54. The van der Waals surface area contributed by atoms with Crippen molar-refractivity contribution in [1.82, 2.24) is 10.1 Å². The molecule has 0 aliphatic rings. The monoisotopic (exact) mass is 380 g/mol. The number of hydrogen-bond donors (Lipinski definition) is 1. The highest BCUT2D eigenvalue weighted by molar-refractivity contribution is 5.94. The van der Waals surface area contributed by atoms with Crippen LogP contribution in [0.1, 0.15) is 48.9 Å². The summed E-state index contributed by atoms with van der Waals surface area (Å²) in [6.45, 7) is 7.25. The lowest BCUT2D eigenvalue weighted by Crippen LogP contribution is -2.09. The topological polar surface area (TPSA) is 103 Å². The molecule has 3 aromatic rings. The fourth-order valence-electron chi connectivity index (χ4n) is 3.19. The molecule has 0 fully saturated rings. The summed E-state index contributed by atoms with van der Waals surface area (Å²) in [5, 5.41) is 13.4. The number of carboxylic acids is 1. The quantitative estimate of drug-likeness (QED) is 0.667. The van der Waals surface area contributed by atoms with Crippen LogP contribution in [0.4, 0.5) is 0 Å². The molecule has 1 N–H and O–H groups in total. The third kappa shape index (κ3) is 3.51. The minimum absolute atomic E-state index is 0.0856. The molecule has 0 amide bonds. The Hall–Kier alpha value is -3.48. The normalized spacial score (nSPS) is 10.7. The zero-order valence-electron chi connectivity index (χ0n) is 16.1. The molecule has 0 aliphatic carbocycles. The van der Waals surface area contributed by atoms with Crippen LogP contribution in [-0.4, -0.2) is 27.2 Å². The SMILES string of the molecule is Cc1c(C)c(C(=O)O)c(C)c(-c2noc(C(=O)OCc3ccccc3)n2)c1C. The van der Waals surface area contributed by atoms with Gasteiger partial charge in [-0.3, -0.25) is 0 Å². The van der Waals surface area contributed by atoms with Crippen molar-refractivity contribution in [2.75, 3.05) is 0 Å². The molecule has 1 heterocycles. The largest absolute Gasteiger partial charge is 0.478 e. The molecular weight excluding hydrogens is 360 g/mol.